The third-order valence-electron chi connectivity index (χ3n) is 3.29. The topological polar surface area (TPSA) is 67.4 Å². The van der Waals surface area contributed by atoms with Gasteiger partial charge in [0.25, 0.3) is 5.91 Å². The van der Waals surface area contributed by atoms with Crippen LogP contribution < -0.4 is 15.4 Å². The highest BCUT2D eigenvalue weighted by atomic mass is 16.5. The van der Waals surface area contributed by atoms with Crippen LogP contribution in [0.2, 0.25) is 0 Å². The first-order valence-electron chi connectivity index (χ1n) is 7.63. The van der Waals surface area contributed by atoms with Crippen LogP contribution >= 0.6 is 0 Å². The molecule has 2 aromatic carbocycles. The Balaban J connectivity index is 1.73. The summed E-state index contributed by atoms with van der Waals surface area (Å²) in [5.41, 5.74) is 1.42. The molecule has 2 N–H and O–H groups in total. The molecule has 5 nitrogen and oxygen atoms in total. The van der Waals surface area contributed by atoms with Gasteiger partial charge in [0.05, 0.1) is 12.7 Å². The normalized spacial score (nSPS) is 10.4. The largest absolute Gasteiger partial charge is 0.496 e. The summed E-state index contributed by atoms with van der Waals surface area (Å²) in [4.78, 5) is 23.8. The third kappa shape index (κ3) is 5.28. The van der Waals surface area contributed by atoms with E-state index in [1.807, 2.05) is 30.3 Å². The van der Waals surface area contributed by atoms with E-state index in [0.717, 1.165) is 5.56 Å². The Kier molecular flexibility index (Phi) is 6.58. The number of para-hydroxylation sites is 1. The Hall–Kier alpha value is -3.08. The molecule has 2 rings (SSSR count). The third-order valence-corrected chi connectivity index (χ3v) is 3.29. The molecule has 124 valence electrons. The Labute approximate surface area is 141 Å². The van der Waals surface area contributed by atoms with Gasteiger partial charge in [-0.15, -0.1) is 0 Å². The zero-order valence-corrected chi connectivity index (χ0v) is 13.5. The number of methoxy groups -OCH3 is 1. The van der Waals surface area contributed by atoms with Crippen molar-refractivity contribution in [3.8, 4) is 5.75 Å². The summed E-state index contributed by atoms with van der Waals surface area (Å²) in [7, 11) is 1.52. The van der Waals surface area contributed by atoms with Gasteiger partial charge < -0.3 is 15.4 Å². The van der Waals surface area contributed by atoms with Gasteiger partial charge in [0.1, 0.15) is 5.75 Å². The van der Waals surface area contributed by atoms with E-state index in [-0.39, 0.29) is 11.8 Å². The lowest BCUT2D eigenvalue weighted by molar-refractivity contribution is -0.116. The first kappa shape index (κ1) is 17.3. The molecule has 0 aliphatic heterocycles. The summed E-state index contributed by atoms with van der Waals surface area (Å²) in [6.45, 7) is 0.681. The molecule has 0 aliphatic carbocycles. The van der Waals surface area contributed by atoms with Crippen LogP contribution in [0, 0.1) is 0 Å². The van der Waals surface area contributed by atoms with Crippen LogP contribution in [0.25, 0.3) is 6.08 Å². The van der Waals surface area contributed by atoms with Crippen molar-refractivity contribution in [3.05, 3.63) is 71.8 Å². The molecule has 0 bridgehead atoms. The molecule has 0 fully saturated rings. The van der Waals surface area contributed by atoms with Gasteiger partial charge in [0, 0.05) is 19.2 Å². The highest BCUT2D eigenvalue weighted by Gasteiger charge is 2.10. The molecule has 0 heterocycles. The Morgan fingerprint density at radius 2 is 1.62 bits per heavy atom. The monoisotopic (exact) mass is 324 g/mol. The minimum Gasteiger partial charge on any atom is -0.496 e. The SMILES string of the molecule is COc1ccccc1C(=O)NCCNC(=O)/C=C/c1ccccc1. The van der Waals surface area contributed by atoms with E-state index >= 15 is 0 Å². The molecular weight excluding hydrogens is 304 g/mol. The number of benzene rings is 2. The van der Waals surface area contributed by atoms with Crippen LogP contribution in [-0.4, -0.2) is 32.0 Å². The van der Waals surface area contributed by atoms with E-state index in [1.54, 1.807) is 30.3 Å². The average molecular weight is 324 g/mol. The standard InChI is InChI=1S/C19H20N2O3/c1-24-17-10-6-5-9-16(17)19(23)21-14-13-20-18(22)12-11-15-7-3-2-4-8-15/h2-12H,13-14H2,1H3,(H,20,22)(H,21,23)/b12-11+. The molecule has 2 aromatic rings. The summed E-state index contributed by atoms with van der Waals surface area (Å²) >= 11 is 0. The minimum absolute atomic E-state index is 0.203. The van der Waals surface area contributed by atoms with E-state index in [0.29, 0.717) is 24.4 Å². The molecule has 0 aliphatic rings. The van der Waals surface area contributed by atoms with Crippen LogP contribution in [-0.2, 0) is 4.79 Å². The number of amides is 2. The molecule has 0 unspecified atom stereocenters. The lowest BCUT2D eigenvalue weighted by Crippen LogP contribution is -2.34. The fourth-order valence-electron chi connectivity index (χ4n) is 2.08. The maximum atomic E-state index is 12.1. The number of ether oxygens (including phenoxy) is 1. The maximum absolute atomic E-state index is 12.1. The zero-order chi connectivity index (χ0) is 17.2. The van der Waals surface area contributed by atoms with Crippen LogP contribution in [0.15, 0.2) is 60.7 Å². The van der Waals surface area contributed by atoms with Crippen LogP contribution in [0.3, 0.4) is 0 Å². The van der Waals surface area contributed by atoms with Crippen molar-refractivity contribution in [2.24, 2.45) is 0 Å². The lowest BCUT2D eigenvalue weighted by Gasteiger charge is -2.09. The number of carbonyl (C=O) groups excluding carboxylic acids is 2. The lowest BCUT2D eigenvalue weighted by atomic mass is 10.2. The van der Waals surface area contributed by atoms with Gasteiger partial charge in [-0.05, 0) is 23.8 Å². The number of rotatable bonds is 7. The van der Waals surface area contributed by atoms with Crippen molar-refractivity contribution < 1.29 is 14.3 Å². The predicted octanol–water partition coefficient (Wildman–Crippen LogP) is 2.25. The zero-order valence-electron chi connectivity index (χ0n) is 13.5. The molecular formula is C19H20N2O3. The van der Waals surface area contributed by atoms with Gasteiger partial charge in [-0.2, -0.15) is 0 Å². The van der Waals surface area contributed by atoms with Gasteiger partial charge >= 0.3 is 0 Å². The van der Waals surface area contributed by atoms with Crippen molar-refractivity contribution in [1.82, 2.24) is 10.6 Å². The Bertz CT molecular complexity index is 712. The minimum atomic E-state index is -0.235. The molecule has 5 heteroatoms. The van der Waals surface area contributed by atoms with Crippen molar-refractivity contribution >= 4 is 17.9 Å². The summed E-state index contributed by atoms with van der Waals surface area (Å²) in [6.07, 6.45) is 3.21. The van der Waals surface area contributed by atoms with Crippen molar-refractivity contribution in [2.75, 3.05) is 20.2 Å². The van der Waals surface area contributed by atoms with E-state index in [4.69, 9.17) is 4.74 Å². The van der Waals surface area contributed by atoms with Crippen molar-refractivity contribution in [1.29, 1.82) is 0 Å². The van der Waals surface area contributed by atoms with Gasteiger partial charge in [-0.1, -0.05) is 42.5 Å². The van der Waals surface area contributed by atoms with Crippen LogP contribution in [0.5, 0.6) is 5.75 Å². The number of nitrogens with one attached hydrogen (secondary N) is 2. The molecule has 0 spiro atoms. The molecule has 0 saturated heterocycles. The highest BCUT2D eigenvalue weighted by Crippen LogP contribution is 2.16. The smallest absolute Gasteiger partial charge is 0.255 e. The first-order chi connectivity index (χ1) is 11.7. The van der Waals surface area contributed by atoms with Gasteiger partial charge in [-0.3, -0.25) is 9.59 Å². The van der Waals surface area contributed by atoms with Gasteiger partial charge in [0.15, 0.2) is 0 Å². The van der Waals surface area contributed by atoms with Crippen LogP contribution in [0.4, 0.5) is 0 Å². The van der Waals surface area contributed by atoms with Gasteiger partial charge in [0.2, 0.25) is 5.91 Å². The van der Waals surface area contributed by atoms with E-state index in [2.05, 4.69) is 10.6 Å². The Morgan fingerprint density at radius 1 is 0.958 bits per heavy atom. The molecule has 0 aromatic heterocycles. The van der Waals surface area contributed by atoms with E-state index in [1.165, 1.54) is 13.2 Å². The fraction of sp³-hybridized carbons (Fsp3) is 0.158. The van der Waals surface area contributed by atoms with Crippen molar-refractivity contribution in [2.45, 2.75) is 0 Å². The second-order valence-corrected chi connectivity index (χ2v) is 4.99. The number of carbonyl (C=O) groups is 2. The summed E-state index contributed by atoms with van der Waals surface area (Å²) < 4.78 is 5.15. The predicted molar refractivity (Wildman–Crippen MR) is 93.8 cm³/mol. The molecule has 0 atom stereocenters. The second kappa shape index (κ2) is 9.15. The average Bonchev–Trinajstić information content (AvgIpc) is 2.64. The molecule has 0 saturated carbocycles. The number of hydrogen-bond acceptors (Lipinski definition) is 3. The summed E-state index contributed by atoms with van der Waals surface area (Å²) in [6, 6.07) is 16.6. The molecule has 0 radical (unpaired) electrons. The second-order valence-electron chi connectivity index (χ2n) is 4.99. The van der Waals surface area contributed by atoms with Crippen LogP contribution in [0.1, 0.15) is 15.9 Å². The maximum Gasteiger partial charge on any atom is 0.255 e. The van der Waals surface area contributed by atoms with Gasteiger partial charge in [-0.25, -0.2) is 0 Å². The summed E-state index contributed by atoms with van der Waals surface area (Å²) in [5, 5.41) is 5.46. The highest BCUT2D eigenvalue weighted by molar-refractivity contribution is 5.97. The Morgan fingerprint density at radius 3 is 2.38 bits per heavy atom. The fourth-order valence-corrected chi connectivity index (χ4v) is 2.08. The van der Waals surface area contributed by atoms with E-state index < -0.39 is 0 Å². The summed E-state index contributed by atoms with van der Waals surface area (Å²) in [5.74, 6) is 0.0803. The molecule has 24 heavy (non-hydrogen) atoms. The quantitative estimate of drug-likeness (QED) is 0.606. The van der Waals surface area contributed by atoms with Crippen molar-refractivity contribution in [3.63, 3.8) is 0 Å². The van der Waals surface area contributed by atoms with E-state index in [9.17, 15) is 9.59 Å². The molecule has 2 amide bonds. The number of hydrogen-bond donors (Lipinski definition) is 2. The first-order valence-corrected chi connectivity index (χ1v) is 7.63.